The van der Waals surface area contributed by atoms with E-state index in [0.29, 0.717) is 24.2 Å². The summed E-state index contributed by atoms with van der Waals surface area (Å²) in [6, 6.07) is 17.0. The van der Waals surface area contributed by atoms with Crippen LogP contribution in [0, 0.1) is 0 Å². The first-order valence-corrected chi connectivity index (χ1v) is 9.91. The number of alkyl halides is 2. The first-order valence-electron chi connectivity index (χ1n) is 9.91. The van der Waals surface area contributed by atoms with E-state index in [1.807, 2.05) is 30.3 Å². The summed E-state index contributed by atoms with van der Waals surface area (Å²) < 4.78 is 34.8. The van der Waals surface area contributed by atoms with Crippen molar-refractivity contribution in [2.75, 3.05) is 7.05 Å². The summed E-state index contributed by atoms with van der Waals surface area (Å²) in [5.74, 6) is 0.543. The van der Waals surface area contributed by atoms with E-state index >= 15 is 0 Å². The van der Waals surface area contributed by atoms with Crippen LogP contribution in [0.2, 0.25) is 0 Å². The van der Waals surface area contributed by atoms with Crippen LogP contribution >= 0.6 is 0 Å². The van der Waals surface area contributed by atoms with E-state index in [-0.39, 0.29) is 17.6 Å². The predicted octanol–water partition coefficient (Wildman–Crippen LogP) is 3.20. The van der Waals surface area contributed by atoms with Crippen molar-refractivity contribution in [3.8, 4) is 5.75 Å². The second-order valence-electron chi connectivity index (χ2n) is 7.33. The molecule has 0 saturated heterocycles. The minimum Gasteiger partial charge on any atom is -0.468 e. The van der Waals surface area contributed by atoms with Gasteiger partial charge in [-0.25, -0.2) is 4.99 Å². The van der Waals surface area contributed by atoms with Gasteiger partial charge in [0.1, 0.15) is 11.5 Å². The molecule has 166 valence electrons. The number of amides is 1. The molecule has 0 fully saturated rings. The van der Waals surface area contributed by atoms with Gasteiger partial charge in [-0.1, -0.05) is 36.4 Å². The largest absolute Gasteiger partial charge is 0.468 e. The Hall–Kier alpha value is -3.72. The van der Waals surface area contributed by atoms with E-state index in [9.17, 15) is 13.6 Å². The summed E-state index contributed by atoms with van der Waals surface area (Å²) >= 11 is 0. The molecule has 32 heavy (non-hydrogen) atoms. The van der Waals surface area contributed by atoms with Crippen LogP contribution in [0.5, 0.6) is 5.75 Å². The van der Waals surface area contributed by atoms with Crippen molar-refractivity contribution < 1.29 is 22.7 Å². The molecule has 2 aromatic carbocycles. The molecule has 1 amide bonds. The van der Waals surface area contributed by atoms with Crippen LogP contribution in [0.4, 0.5) is 8.78 Å². The van der Waals surface area contributed by atoms with Crippen molar-refractivity contribution in [1.29, 1.82) is 0 Å². The van der Waals surface area contributed by atoms with Gasteiger partial charge in [0.15, 0.2) is 11.5 Å². The summed E-state index contributed by atoms with van der Waals surface area (Å²) in [5, 5.41) is 3.29. The number of benzene rings is 2. The molecular weight excluding hydrogens is 418 g/mol. The summed E-state index contributed by atoms with van der Waals surface area (Å²) in [6.07, 6.45) is 1.61. The molecule has 3 N–H and O–H groups in total. The van der Waals surface area contributed by atoms with Crippen molar-refractivity contribution in [1.82, 2.24) is 10.2 Å². The smallest absolute Gasteiger partial charge is 0.387 e. The number of nitrogens with two attached hydrogens (primary N) is 1. The highest BCUT2D eigenvalue weighted by Gasteiger charge is 2.49. The molecule has 1 unspecified atom stereocenters. The number of carbonyl (C=O) groups is 1. The van der Waals surface area contributed by atoms with Gasteiger partial charge in [-0.3, -0.25) is 9.69 Å². The minimum atomic E-state index is -2.94. The van der Waals surface area contributed by atoms with Crippen LogP contribution in [-0.4, -0.2) is 30.4 Å². The Labute approximate surface area is 183 Å². The number of ether oxygens (including phenoxy) is 1. The molecule has 0 bridgehead atoms. The molecule has 0 aliphatic carbocycles. The number of guanidine groups is 1. The Morgan fingerprint density at radius 1 is 1.12 bits per heavy atom. The number of halogens is 2. The number of nitrogens with one attached hydrogen (secondary N) is 1. The second kappa shape index (κ2) is 8.80. The third-order valence-electron chi connectivity index (χ3n) is 5.29. The predicted molar refractivity (Wildman–Crippen MR) is 114 cm³/mol. The van der Waals surface area contributed by atoms with E-state index in [0.717, 1.165) is 11.3 Å². The SMILES string of the molecule is CN1C(=O)C(c2ccc(OC(F)F)cc2)(c2cccc(CNCc3ccco3)c2)N=C1N. The van der Waals surface area contributed by atoms with E-state index in [1.54, 1.807) is 31.5 Å². The third kappa shape index (κ3) is 4.06. The lowest BCUT2D eigenvalue weighted by Gasteiger charge is -2.26. The average molecular weight is 440 g/mol. The molecule has 2 heterocycles. The summed E-state index contributed by atoms with van der Waals surface area (Å²) in [7, 11) is 1.55. The number of likely N-dealkylation sites (N-methyl/N-ethyl adjacent to an activating group) is 1. The Bertz CT molecular complexity index is 1120. The van der Waals surface area contributed by atoms with E-state index < -0.39 is 12.2 Å². The fraction of sp³-hybridized carbons (Fsp3) is 0.217. The Balaban J connectivity index is 1.66. The van der Waals surface area contributed by atoms with Crippen molar-refractivity contribution in [2.45, 2.75) is 25.2 Å². The van der Waals surface area contributed by atoms with Gasteiger partial charge in [-0.2, -0.15) is 8.78 Å². The summed E-state index contributed by atoms with van der Waals surface area (Å²) in [6.45, 7) is -1.84. The maximum Gasteiger partial charge on any atom is 0.387 e. The topological polar surface area (TPSA) is 93.1 Å². The molecule has 1 atom stereocenters. The molecule has 0 spiro atoms. The fourth-order valence-electron chi connectivity index (χ4n) is 3.71. The monoisotopic (exact) mass is 440 g/mol. The van der Waals surface area contributed by atoms with Gasteiger partial charge < -0.3 is 20.2 Å². The molecule has 4 rings (SSSR count). The van der Waals surface area contributed by atoms with Gasteiger partial charge in [0, 0.05) is 13.6 Å². The fourth-order valence-corrected chi connectivity index (χ4v) is 3.71. The van der Waals surface area contributed by atoms with E-state index in [1.165, 1.54) is 17.0 Å². The zero-order valence-corrected chi connectivity index (χ0v) is 17.3. The number of carbonyl (C=O) groups excluding carboxylic acids is 1. The normalized spacial score (nSPS) is 18.3. The van der Waals surface area contributed by atoms with E-state index in [4.69, 9.17) is 10.2 Å². The minimum absolute atomic E-state index is 0.00877. The highest BCUT2D eigenvalue weighted by molar-refractivity contribution is 6.08. The van der Waals surface area contributed by atoms with Gasteiger partial charge in [-0.05, 0) is 41.0 Å². The van der Waals surface area contributed by atoms with Crippen LogP contribution in [0.25, 0.3) is 0 Å². The first kappa shape index (κ1) is 21.5. The van der Waals surface area contributed by atoms with Gasteiger partial charge in [-0.15, -0.1) is 0 Å². The number of nitrogens with zero attached hydrogens (tertiary/aromatic N) is 2. The summed E-state index contributed by atoms with van der Waals surface area (Å²) in [4.78, 5) is 19.1. The van der Waals surface area contributed by atoms with Crippen molar-refractivity contribution in [3.63, 3.8) is 0 Å². The molecule has 1 aliphatic heterocycles. The zero-order chi connectivity index (χ0) is 22.7. The molecule has 0 radical (unpaired) electrons. The van der Waals surface area contributed by atoms with E-state index in [2.05, 4.69) is 15.0 Å². The van der Waals surface area contributed by atoms with Crippen LogP contribution in [0.3, 0.4) is 0 Å². The maximum absolute atomic E-state index is 13.3. The number of aliphatic imine (C=N–C) groups is 1. The van der Waals surface area contributed by atoms with Crippen molar-refractivity contribution >= 4 is 11.9 Å². The maximum atomic E-state index is 13.3. The van der Waals surface area contributed by atoms with Crippen molar-refractivity contribution in [2.24, 2.45) is 10.7 Å². The van der Waals surface area contributed by atoms with Crippen LogP contribution < -0.4 is 15.8 Å². The quantitative estimate of drug-likeness (QED) is 0.561. The number of hydrogen-bond acceptors (Lipinski definition) is 6. The van der Waals surface area contributed by atoms with Crippen LogP contribution in [-0.2, 0) is 23.4 Å². The average Bonchev–Trinajstić information content (AvgIpc) is 3.37. The van der Waals surface area contributed by atoms with Gasteiger partial charge in [0.2, 0.25) is 0 Å². The molecule has 1 aliphatic rings. The Morgan fingerprint density at radius 2 is 1.91 bits per heavy atom. The molecule has 3 aromatic rings. The molecule has 9 heteroatoms. The van der Waals surface area contributed by atoms with Gasteiger partial charge >= 0.3 is 6.61 Å². The van der Waals surface area contributed by atoms with Gasteiger partial charge in [0.25, 0.3) is 5.91 Å². The summed E-state index contributed by atoms with van der Waals surface area (Å²) in [5.41, 5.74) is 6.63. The Kier molecular flexibility index (Phi) is 5.91. The molecule has 0 saturated carbocycles. The number of furan rings is 1. The van der Waals surface area contributed by atoms with Crippen molar-refractivity contribution in [3.05, 3.63) is 89.4 Å². The van der Waals surface area contributed by atoms with Crippen LogP contribution in [0.1, 0.15) is 22.5 Å². The molecule has 1 aromatic heterocycles. The molecule has 7 nitrogen and oxygen atoms in total. The highest BCUT2D eigenvalue weighted by Crippen LogP contribution is 2.40. The lowest BCUT2D eigenvalue weighted by molar-refractivity contribution is -0.129. The standard InChI is InChI=1S/C23H22F2N4O3/c1-29-20(30)23(28-22(29)26,16-7-9-18(10-8-16)32-21(24)25)17-5-2-4-15(12-17)13-27-14-19-6-3-11-31-19/h2-12,21,27H,13-14H2,1H3,(H2,26,28). The lowest BCUT2D eigenvalue weighted by atomic mass is 9.82. The van der Waals surface area contributed by atoms with Gasteiger partial charge in [0.05, 0.1) is 12.8 Å². The lowest BCUT2D eigenvalue weighted by Crippen LogP contribution is -2.41. The second-order valence-corrected chi connectivity index (χ2v) is 7.33. The first-order chi connectivity index (χ1) is 15.4. The molecular formula is C23H22F2N4O3. The zero-order valence-electron chi connectivity index (χ0n) is 17.3. The third-order valence-corrected chi connectivity index (χ3v) is 5.29. The highest BCUT2D eigenvalue weighted by atomic mass is 19.3. The number of rotatable bonds is 8. The number of hydrogen-bond donors (Lipinski definition) is 2. The van der Waals surface area contributed by atoms with Crippen LogP contribution in [0.15, 0.2) is 76.3 Å². The Morgan fingerprint density at radius 3 is 2.53 bits per heavy atom.